The summed E-state index contributed by atoms with van der Waals surface area (Å²) in [6.45, 7) is 0. The molecule has 0 radical (unpaired) electrons. The number of hydrogen-bond donors (Lipinski definition) is 1. The van der Waals surface area contributed by atoms with Crippen molar-refractivity contribution in [3.63, 3.8) is 0 Å². The lowest BCUT2D eigenvalue weighted by Gasteiger charge is -1.96. The van der Waals surface area contributed by atoms with Crippen LogP contribution in [0.15, 0.2) is 30.7 Å². The van der Waals surface area contributed by atoms with Crippen molar-refractivity contribution in [2.45, 2.75) is 0 Å². The number of aromatic amines is 1. The number of nitrogens with zero attached hydrogens (tertiary/aromatic N) is 2. The van der Waals surface area contributed by atoms with Crippen LogP contribution in [0.1, 0.15) is 0 Å². The molecule has 3 nitrogen and oxygen atoms in total. The molecule has 2 aromatic heterocycles. The predicted molar refractivity (Wildman–Crippen MR) is 46.8 cm³/mol. The van der Waals surface area contributed by atoms with E-state index in [1.165, 1.54) is 0 Å². The fraction of sp³-hybridized carbons (Fsp3) is 0. The zero-order valence-corrected chi connectivity index (χ0v) is 6.92. The summed E-state index contributed by atoms with van der Waals surface area (Å²) in [6.07, 6.45) is 5.09. The normalized spacial score (nSPS) is 10.1. The van der Waals surface area contributed by atoms with Crippen LogP contribution < -0.4 is 0 Å². The Labute approximate surface area is 74.4 Å². The summed E-state index contributed by atoms with van der Waals surface area (Å²) in [5, 5.41) is 0.604. The summed E-state index contributed by atoms with van der Waals surface area (Å²) < 4.78 is 0. The van der Waals surface area contributed by atoms with Crippen LogP contribution in [0.2, 0.25) is 5.02 Å². The smallest absolute Gasteiger partial charge is 0.157 e. The zero-order valence-electron chi connectivity index (χ0n) is 6.16. The highest BCUT2D eigenvalue weighted by atomic mass is 35.5. The highest BCUT2D eigenvalue weighted by Crippen LogP contribution is 2.20. The Morgan fingerprint density at radius 1 is 1.25 bits per heavy atom. The quantitative estimate of drug-likeness (QED) is 0.729. The summed E-state index contributed by atoms with van der Waals surface area (Å²) in [4.78, 5) is 11.1. The number of halogens is 1. The number of rotatable bonds is 1. The fourth-order valence-electron chi connectivity index (χ4n) is 0.955. The zero-order chi connectivity index (χ0) is 8.39. The number of hydrogen-bond acceptors (Lipinski definition) is 2. The molecule has 0 bridgehead atoms. The van der Waals surface area contributed by atoms with Crippen molar-refractivity contribution in [2.75, 3.05) is 0 Å². The molecule has 2 heterocycles. The van der Waals surface area contributed by atoms with Gasteiger partial charge in [-0.1, -0.05) is 11.6 Å². The molecule has 2 rings (SSSR count). The van der Waals surface area contributed by atoms with E-state index in [0.29, 0.717) is 16.5 Å². The van der Waals surface area contributed by atoms with Crippen LogP contribution >= 0.6 is 11.6 Å². The van der Waals surface area contributed by atoms with Crippen molar-refractivity contribution in [1.29, 1.82) is 0 Å². The first-order valence-electron chi connectivity index (χ1n) is 3.48. The summed E-state index contributed by atoms with van der Waals surface area (Å²) >= 11 is 5.89. The van der Waals surface area contributed by atoms with Gasteiger partial charge in [0.15, 0.2) is 5.82 Å². The van der Waals surface area contributed by atoms with Crippen LogP contribution in [0.3, 0.4) is 0 Å². The molecule has 0 fully saturated rings. The third-order valence-corrected chi connectivity index (χ3v) is 1.79. The van der Waals surface area contributed by atoms with E-state index in [-0.39, 0.29) is 0 Å². The lowest BCUT2D eigenvalue weighted by Crippen LogP contribution is -1.85. The summed E-state index contributed by atoms with van der Waals surface area (Å²) in [5.74, 6) is 0.695. The minimum atomic E-state index is 0.604. The van der Waals surface area contributed by atoms with Crippen LogP contribution in [-0.2, 0) is 0 Å². The third kappa shape index (κ3) is 1.19. The molecule has 0 atom stereocenters. The van der Waals surface area contributed by atoms with E-state index in [1.807, 2.05) is 0 Å². The fourth-order valence-corrected chi connectivity index (χ4v) is 1.17. The number of nitrogens with one attached hydrogen (secondary N) is 1. The molecule has 4 heteroatoms. The largest absolute Gasteiger partial charge is 0.343 e. The second-order valence-corrected chi connectivity index (χ2v) is 2.68. The maximum Gasteiger partial charge on any atom is 0.157 e. The molecule has 0 saturated heterocycles. The highest BCUT2D eigenvalue weighted by molar-refractivity contribution is 6.32. The monoisotopic (exact) mass is 179 g/mol. The molecular weight excluding hydrogens is 174 g/mol. The van der Waals surface area contributed by atoms with Crippen molar-refractivity contribution in [1.82, 2.24) is 15.0 Å². The molecule has 12 heavy (non-hydrogen) atoms. The predicted octanol–water partition coefficient (Wildman–Crippen LogP) is 2.13. The number of imidazole rings is 1. The average molecular weight is 180 g/mol. The second-order valence-electron chi connectivity index (χ2n) is 2.27. The Morgan fingerprint density at radius 2 is 2.17 bits per heavy atom. The van der Waals surface area contributed by atoms with Crippen LogP contribution in [0, 0.1) is 0 Å². The molecule has 60 valence electrons. The van der Waals surface area contributed by atoms with Crippen molar-refractivity contribution < 1.29 is 0 Å². The van der Waals surface area contributed by atoms with E-state index in [4.69, 9.17) is 11.6 Å². The molecule has 1 N–H and O–H groups in total. The minimum absolute atomic E-state index is 0.604. The van der Waals surface area contributed by atoms with E-state index >= 15 is 0 Å². The van der Waals surface area contributed by atoms with Gasteiger partial charge >= 0.3 is 0 Å². The number of aromatic nitrogens is 3. The molecular formula is C8H6ClN3. The topological polar surface area (TPSA) is 41.6 Å². The Balaban J connectivity index is 2.55. The van der Waals surface area contributed by atoms with Crippen molar-refractivity contribution >= 4 is 11.6 Å². The van der Waals surface area contributed by atoms with Gasteiger partial charge in [0.1, 0.15) is 5.69 Å². The molecule has 0 aromatic carbocycles. The number of H-pyrrole nitrogens is 1. The number of pyridine rings is 1. The van der Waals surface area contributed by atoms with Crippen LogP contribution in [0.25, 0.3) is 11.5 Å². The van der Waals surface area contributed by atoms with Crippen molar-refractivity contribution in [2.24, 2.45) is 0 Å². The maximum absolute atomic E-state index is 5.89. The average Bonchev–Trinajstić information content (AvgIpc) is 2.57. The molecule has 0 saturated carbocycles. The van der Waals surface area contributed by atoms with Crippen LogP contribution in [0.5, 0.6) is 0 Å². The first-order valence-corrected chi connectivity index (χ1v) is 3.86. The Kier molecular flexibility index (Phi) is 1.80. The van der Waals surface area contributed by atoms with E-state index in [2.05, 4.69) is 15.0 Å². The van der Waals surface area contributed by atoms with Gasteiger partial charge in [0.25, 0.3) is 0 Å². The summed E-state index contributed by atoms with van der Waals surface area (Å²) in [6, 6.07) is 3.57. The standard InChI is InChI=1S/C8H6ClN3/c9-6-2-1-3-10-7(6)8-11-4-5-12-8/h1-5H,(H,11,12). The molecule has 0 spiro atoms. The Morgan fingerprint density at radius 3 is 2.83 bits per heavy atom. The molecule has 0 unspecified atom stereocenters. The van der Waals surface area contributed by atoms with E-state index < -0.39 is 0 Å². The Bertz CT molecular complexity index is 370. The van der Waals surface area contributed by atoms with Crippen LogP contribution in [-0.4, -0.2) is 15.0 Å². The van der Waals surface area contributed by atoms with E-state index in [0.717, 1.165) is 0 Å². The van der Waals surface area contributed by atoms with Crippen LogP contribution in [0.4, 0.5) is 0 Å². The van der Waals surface area contributed by atoms with Gasteiger partial charge in [-0.2, -0.15) is 0 Å². The van der Waals surface area contributed by atoms with Gasteiger partial charge in [-0.05, 0) is 12.1 Å². The van der Waals surface area contributed by atoms with Gasteiger partial charge in [0.05, 0.1) is 5.02 Å². The summed E-state index contributed by atoms with van der Waals surface area (Å²) in [5.41, 5.74) is 0.684. The van der Waals surface area contributed by atoms with Gasteiger partial charge in [0, 0.05) is 18.6 Å². The third-order valence-electron chi connectivity index (χ3n) is 1.48. The minimum Gasteiger partial charge on any atom is -0.343 e. The van der Waals surface area contributed by atoms with Crippen molar-refractivity contribution in [3.8, 4) is 11.5 Å². The SMILES string of the molecule is Clc1cccnc1-c1ncc[nH]1. The summed E-state index contributed by atoms with van der Waals surface area (Å²) in [7, 11) is 0. The Hall–Kier alpha value is -1.35. The highest BCUT2D eigenvalue weighted by Gasteiger charge is 2.04. The lowest BCUT2D eigenvalue weighted by atomic mass is 10.3. The van der Waals surface area contributed by atoms with E-state index in [9.17, 15) is 0 Å². The maximum atomic E-state index is 5.89. The molecule has 0 aliphatic carbocycles. The van der Waals surface area contributed by atoms with Gasteiger partial charge < -0.3 is 4.98 Å². The lowest BCUT2D eigenvalue weighted by molar-refractivity contribution is 1.22. The molecule has 0 aliphatic rings. The first kappa shape index (κ1) is 7.31. The second kappa shape index (κ2) is 2.95. The van der Waals surface area contributed by atoms with Gasteiger partial charge in [-0.25, -0.2) is 4.98 Å². The molecule has 0 aliphatic heterocycles. The van der Waals surface area contributed by atoms with E-state index in [1.54, 1.807) is 30.7 Å². The van der Waals surface area contributed by atoms with Gasteiger partial charge in [-0.15, -0.1) is 0 Å². The van der Waals surface area contributed by atoms with Gasteiger partial charge in [-0.3, -0.25) is 4.98 Å². The molecule has 0 amide bonds. The first-order chi connectivity index (χ1) is 5.88. The molecule has 2 aromatic rings. The van der Waals surface area contributed by atoms with Crippen molar-refractivity contribution in [3.05, 3.63) is 35.7 Å². The van der Waals surface area contributed by atoms with Gasteiger partial charge in [0.2, 0.25) is 0 Å².